The number of hydrogen-bond donors (Lipinski definition) is 2. The first-order valence-electron chi connectivity index (χ1n) is 9.08. The van der Waals surface area contributed by atoms with E-state index in [1.807, 2.05) is 30.3 Å². The van der Waals surface area contributed by atoms with Crippen molar-refractivity contribution < 1.29 is 9.53 Å². The predicted molar refractivity (Wildman–Crippen MR) is 118 cm³/mol. The van der Waals surface area contributed by atoms with Gasteiger partial charge in [-0.15, -0.1) is 10.2 Å². The molecular weight excluding hydrogens is 428 g/mol. The maximum absolute atomic E-state index is 13.1. The Hall–Kier alpha value is -2.29. The van der Waals surface area contributed by atoms with Gasteiger partial charge in [0.15, 0.2) is 4.34 Å². The van der Waals surface area contributed by atoms with E-state index in [0.717, 1.165) is 15.0 Å². The summed E-state index contributed by atoms with van der Waals surface area (Å²) in [7, 11) is 1.55. The molecule has 1 heterocycles. The van der Waals surface area contributed by atoms with Gasteiger partial charge in [0.25, 0.3) is 0 Å². The summed E-state index contributed by atoms with van der Waals surface area (Å²) in [4.78, 5) is 13.1. The fraction of sp³-hybridized carbons (Fsp3) is 0.250. The molecule has 3 aromatic rings. The smallest absolute Gasteiger partial charge is 0.242 e. The van der Waals surface area contributed by atoms with E-state index >= 15 is 0 Å². The van der Waals surface area contributed by atoms with Crippen molar-refractivity contribution >= 4 is 51.4 Å². The topological polar surface area (TPSA) is 76.1 Å². The maximum Gasteiger partial charge on any atom is 0.242 e. The quantitative estimate of drug-likeness (QED) is 0.460. The van der Waals surface area contributed by atoms with Crippen molar-refractivity contribution in [3.05, 3.63) is 59.1 Å². The fourth-order valence-electron chi connectivity index (χ4n) is 2.67. The van der Waals surface area contributed by atoms with Crippen LogP contribution in [0.4, 0.5) is 10.8 Å². The minimum Gasteiger partial charge on any atom is -0.495 e. The number of ether oxygens (including phenoxy) is 1. The lowest BCUT2D eigenvalue weighted by Crippen LogP contribution is -2.19. The molecule has 1 amide bonds. The van der Waals surface area contributed by atoms with Crippen molar-refractivity contribution in [2.24, 2.45) is 0 Å². The number of anilines is 2. The minimum absolute atomic E-state index is 0.158. The molecule has 2 N–H and O–H groups in total. The first-order valence-corrected chi connectivity index (χ1v) is 11.2. The van der Waals surface area contributed by atoms with Crippen molar-refractivity contribution in [1.82, 2.24) is 10.2 Å². The zero-order chi connectivity index (χ0) is 20.2. The van der Waals surface area contributed by atoms with Crippen LogP contribution in [0.25, 0.3) is 0 Å². The number of benzene rings is 2. The zero-order valence-corrected chi connectivity index (χ0v) is 18.0. The normalized spacial score (nSPS) is 14.3. The van der Waals surface area contributed by atoms with Gasteiger partial charge in [-0.1, -0.05) is 65.0 Å². The summed E-state index contributed by atoms with van der Waals surface area (Å²) in [6.45, 7) is 0. The number of carbonyl (C=O) groups excluding carboxylic acids is 1. The number of nitrogens with zero attached hydrogens (tertiary/aromatic N) is 2. The Labute approximate surface area is 182 Å². The third kappa shape index (κ3) is 5.20. The Kier molecular flexibility index (Phi) is 6.22. The van der Waals surface area contributed by atoms with Gasteiger partial charge in [0.1, 0.15) is 11.0 Å². The van der Waals surface area contributed by atoms with Crippen LogP contribution in [0.2, 0.25) is 5.02 Å². The molecule has 0 radical (unpaired) electrons. The van der Waals surface area contributed by atoms with Gasteiger partial charge in [-0.2, -0.15) is 0 Å². The SMILES string of the molecule is COc1ccc(NC(=O)C(Sc2nnc(NC3CC3)s2)c2ccccc2)cc1Cl. The molecule has 4 rings (SSSR count). The van der Waals surface area contributed by atoms with Crippen molar-refractivity contribution in [1.29, 1.82) is 0 Å². The van der Waals surface area contributed by atoms with Crippen LogP contribution in [0.15, 0.2) is 52.9 Å². The molecule has 29 heavy (non-hydrogen) atoms. The average molecular weight is 447 g/mol. The van der Waals surface area contributed by atoms with E-state index in [1.165, 1.54) is 35.9 Å². The van der Waals surface area contributed by atoms with Crippen LogP contribution in [0.1, 0.15) is 23.7 Å². The van der Waals surface area contributed by atoms with E-state index < -0.39 is 5.25 Å². The van der Waals surface area contributed by atoms with Crippen LogP contribution in [-0.2, 0) is 4.79 Å². The van der Waals surface area contributed by atoms with Gasteiger partial charge in [-0.3, -0.25) is 4.79 Å². The van der Waals surface area contributed by atoms with Gasteiger partial charge < -0.3 is 15.4 Å². The van der Waals surface area contributed by atoms with Gasteiger partial charge in [0.05, 0.1) is 12.1 Å². The second-order valence-electron chi connectivity index (χ2n) is 6.54. The molecule has 0 saturated heterocycles. The molecule has 2 aromatic carbocycles. The lowest BCUT2D eigenvalue weighted by Gasteiger charge is -2.16. The van der Waals surface area contributed by atoms with Crippen LogP contribution in [0.3, 0.4) is 0 Å². The van der Waals surface area contributed by atoms with E-state index in [1.54, 1.807) is 25.3 Å². The predicted octanol–water partition coefficient (Wildman–Crippen LogP) is 5.25. The summed E-state index contributed by atoms with van der Waals surface area (Å²) in [5.74, 6) is 0.400. The average Bonchev–Trinajstić information content (AvgIpc) is 3.43. The third-order valence-corrected chi connectivity index (χ3v) is 6.78. The number of methoxy groups -OCH3 is 1. The lowest BCUT2D eigenvalue weighted by molar-refractivity contribution is -0.115. The van der Waals surface area contributed by atoms with Gasteiger partial charge >= 0.3 is 0 Å². The molecule has 1 fully saturated rings. The number of thioether (sulfide) groups is 1. The number of amides is 1. The molecule has 150 valence electrons. The van der Waals surface area contributed by atoms with Crippen molar-refractivity contribution in [2.75, 3.05) is 17.7 Å². The number of hydrogen-bond acceptors (Lipinski definition) is 7. The van der Waals surface area contributed by atoms with E-state index in [4.69, 9.17) is 16.3 Å². The van der Waals surface area contributed by atoms with Crippen LogP contribution in [0.5, 0.6) is 5.75 Å². The summed E-state index contributed by atoms with van der Waals surface area (Å²) in [6, 6.07) is 15.3. The van der Waals surface area contributed by atoms with E-state index in [2.05, 4.69) is 20.8 Å². The van der Waals surface area contributed by atoms with Crippen molar-refractivity contribution in [3.8, 4) is 5.75 Å². The summed E-state index contributed by atoms with van der Waals surface area (Å²) in [5, 5.41) is 15.5. The Morgan fingerprint density at radius 2 is 2.03 bits per heavy atom. The van der Waals surface area contributed by atoms with Crippen LogP contribution >= 0.6 is 34.7 Å². The van der Waals surface area contributed by atoms with Crippen molar-refractivity contribution in [2.45, 2.75) is 28.5 Å². The Balaban J connectivity index is 1.52. The molecule has 9 heteroatoms. The number of aromatic nitrogens is 2. The minimum atomic E-state index is -0.473. The van der Waals surface area contributed by atoms with Gasteiger partial charge in [-0.05, 0) is 36.6 Å². The molecule has 0 spiro atoms. The molecule has 6 nitrogen and oxygen atoms in total. The monoisotopic (exact) mass is 446 g/mol. The van der Waals surface area contributed by atoms with Crippen molar-refractivity contribution in [3.63, 3.8) is 0 Å². The lowest BCUT2D eigenvalue weighted by atomic mass is 10.1. The van der Waals surface area contributed by atoms with Crippen LogP contribution in [0, 0.1) is 0 Å². The second-order valence-corrected chi connectivity index (χ2v) is 9.28. The highest BCUT2D eigenvalue weighted by atomic mass is 35.5. The maximum atomic E-state index is 13.1. The van der Waals surface area contributed by atoms with E-state index in [-0.39, 0.29) is 5.91 Å². The molecule has 1 saturated carbocycles. The second kappa shape index (κ2) is 9.02. The first kappa shape index (κ1) is 20.0. The molecule has 1 aliphatic rings. The first-order chi connectivity index (χ1) is 14.1. The highest BCUT2D eigenvalue weighted by Gasteiger charge is 2.26. The molecular formula is C20H19ClN4O2S2. The largest absolute Gasteiger partial charge is 0.495 e. The molecule has 1 aliphatic carbocycles. The van der Waals surface area contributed by atoms with Crippen LogP contribution in [-0.4, -0.2) is 29.3 Å². The molecule has 0 bridgehead atoms. The number of rotatable bonds is 8. The van der Waals surface area contributed by atoms with E-state index in [0.29, 0.717) is 22.5 Å². The summed E-state index contributed by atoms with van der Waals surface area (Å²) < 4.78 is 5.91. The van der Waals surface area contributed by atoms with Gasteiger partial charge in [0, 0.05) is 11.7 Å². The molecule has 1 atom stereocenters. The number of nitrogens with one attached hydrogen (secondary N) is 2. The summed E-state index contributed by atoms with van der Waals surface area (Å²) in [5.41, 5.74) is 1.50. The Morgan fingerprint density at radius 3 is 2.72 bits per heavy atom. The molecule has 1 unspecified atom stereocenters. The number of halogens is 1. The Bertz CT molecular complexity index is 995. The standard InChI is InChI=1S/C20H19ClN4O2S2/c1-27-16-10-9-14(11-15(16)21)22-18(26)17(12-5-3-2-4-6-12)28-20-25-24-19(29-20)23-13-7-8-13/h2-6,9-11,13,17H,7-8H2,1H3,(H,22,26)(H,23,24). The Morgan fingerprint density at radius 1 is 1.24 bits per heavy atom. The summed E-state index contributed by atoms with van der Waals surface area (Å²) >= 11 is 9.04. The summed E-state index contributed by atoms with van der Waals surface area (Å²) in [6.07, 6.45) is 2.34. The number of carbonyl (C=O) groups is 1. The molecule has 0 aliphatic heterocycles. The third-order valence-electron chi connectivity index (χ3n) is 4.29. The van der Waals surface area contributed by atoms with Gasteiger partial charge in [-0.25, -0.2) is 0 Å². The van der Waals surface area contributed by atoms with Crippen LogP contribution < -0.4 is 15.4 Å². The molecule has 1 aromatic heterocycles. The zero-order valence-electron chi connectivity index (χ0n) is 15.6. The van der Waals surface area contributed by atoms with Gasteiger partial charge in [0.2, 0.25) is 11.0 Å². The fourth-order valence-corrected chi connectivity index (χ4v) is 4.95. The highest BCUT2D eigenvalue weighted by Crippen LogP contribution is 2.39. The van der Waals surface area contributed by atoms with E-state index in [9.17, 15) is 4.79 Å². The highest BCUT2D eigenvalue weighted by molar-refractivity contribution is 8.02.